The lowest BCUT2D eigenvalue weighted by Gasteiger charge is -2.21. The standard InChI is InChI=1S/C20H21FN4O3S.ClH/c1-23(2)10-3-11-24(20-22-17-9-6-15(21)13-18(17)29-20)19(26)12-14-4-7-16(8-5-14)25(27)28;/h4-9,13H,3,10-12H2,1-2H3;1H. The molecule has 30 heavy (non-hydrogen) atoms. The molecule has 0 spiro atoms. The van der Waals surface area contributed by atoms with Crippen molar-refractivity contribution >= 4 is 50.7 Å². The first-order chi connectivity index (χ1) is 13.8. The summed E-state index contributed by atoms with van der Waals surface area (Å²) in [7, 11) is 3.92. The van der Waals surface area contributed by atoms with E-state index in [0.717, 1.165) is 13.0 Å². The first-order valence-electron chi connectivity index (χ1n) is 9.08. The minimum absolute atomic E-state index is 0. The van der Waals surface area contributed by atoms with Crippen LogP contribution in [-0.4, -0.2) is 47.9 Å². The summed E-state index contributed by atoms with van der Waals surface area (Å²) in [6.45, 7) is 1.28. The molecule has 0 radical (unpaired) electrons. The summed E-state index contributed by atoms with van der Waals surface area (Å²) >= 11 is 1.27. The molecular weight excluding hydrogens is 431 g/mol. The number of anilines is 1. The van der Waals surface area contributed by atoms with E-state index in [2.05, 4.69) is 4.98 Å². The van der Waals surface area contributed by atoms with E-state index in [1.54, 1.807) is 23.1 Å². The third-order valence-electron chi connectivity index (χ3n) is 4.36. The van der Waals surface area contributed by atoms with Gasteiger partial charge in [-0.1, -0.05) is 23.5 Å². The van der Waals surface area contributed by atoms with Crippen molar-refractivity contribution in [2.24, 2.45) is 0 Å². The van der Waals surface area contributed by atoms with E-state index in [1.165, 1.54) is 35.6 Å². The van der Waals surface area contributed by atoms with Crippen LogP contribution in [0.4, 0.5) is 15.2 Å². The van der Waals surface area contributed by atoms with Gasteiger partial charge in [0.15, 0.2) is 5.13 Å². The number of nitro groups is 1. The highest BCUT2D eigenvalue weighted by Gasteiger charge is 2.20. The van der Waals surface area contributed by atoms with Crippen LogP contribution in [0, 0.1) is 15.9 Å². The molecule has 1 aromatic heterocycles. The largest absolute Gasteiger partial charge is 0.309 e. The van der Waals surface area contributed by atoms with Gasteiger partial charge in [0.25, 0.3) is 5.69 Å². The normalized spacial score (nSPS) is 10.8. The summed E-state index contributed by atoms with van der Waals surface area (Å²) in [5.74, 6) is -0.499. The minimum Gasteiger partial charge on any atom is -0.309 e. The third kappa shape index (κ3) is 5.94. The fraction of sp³-hybridized carbons (Fsp3) is 0.300. The zero-order valence-electron chi connectivity index (χ0n) is 16.6. The van der Waals surface area contributed by atoms with E-state index in [4.69, 9.17) is 0 Å². The molecule has 3 rings (SSSR count). The number of aromatic nitrogens is 1. The summed E-state index contributed by atoms with van der Waals surface area (Å²) in [5, 5.41) is 11.3. The summed E-state index contributed by atoms with van der Waals surface area (Å²) < 4.78 is 14.2. The number of nitrogens with zero attached hydrogens (tertiary/aromatic N) is 4. The number of hydrogen-bond acceptors (Lipinski definition) is 6. The lowest BCUT2D eigenvalue weighted by Crippen LogP contribution is -2.34. The number of carbonyl (C=O) groups excluding carboxylic acids is 1. The van der Waals surface area contributed by atoms with Gasteiger partial charge in [0, 0.05) is 18.7 Å². The quantitative estimate of drug-likeness (QED) is 0.376. The Bertz CT molecular complexity index is 1030. The molecular formula is C20H22ClFN4O3S. The van der Waals surface area contributed by atoms with Crippen molar-refractivity contribution in [2.75, 3.05) is 32.1 Å². The maximum absolute atomic E-state index is 13.5. The van der Waals surface area contributed by atoms with E-state index in [1.807, 2.05) is 19.0 Å². The smallest absolute Gasteiger partial charge is 0.269 e. The Morgan fingerprint density at radius 2 is 1.87 bits per heavy atom. The molecule has 1 heterocycles. The number of hydrogen-bond donors (Lipinski definition) is 0. The van der Waals surface area contributed by atoms with Gasteiger partial charge in [0.05, 0.1) is 21.6 Å². The SMILES string of the molecule is CN(C)CCCN(C(=O)Cc1ccc([N+](=O)[O-])cc1)c1nc2ccc(F)cc2s1.Cl. The van der Waals surface area contributed by atoms with Crippen LogP contribution in [0.5, 0.6) is 0 Å². The van der Waals surface area contributed by atoms with Crippen molar-refractivity contribution in [3.8, 4) is 0 Å². The molecule has 0 aliphatic carbocycles. The van der Waals surface area contributed by atoms with Crippen LogP contribution in [0.1, 0.15) is 12.0 Å². The first-order valence-corrected chi connectivity index (χ1v) is 9.89. The maximum Gasteiger partial charge on any atom is 0.269 e. The van der Waals surface area contributed by atoms with Crippen LogP contribution in [-0.2, 0) is 11.2 Å². The highest BCUT2D eigenvalue weighted by Crippen LogP contribution is 2.30. The molecule has 2 aromatic carbocycles. The number of fused-ring (bicyclic) bond motifs is 1. The second-order valence-electron chi connectivity index (χ2n) is 6.91. The average molecular weight is 453 g/mol. The predicted octanol–water partition coefficient (Wildman–Crippen LogP) is 4.29. The Labute approximate surface area is 183 Å². The van der Waals surface area contributed by atoms with Crippen molar-refractivity contribution in [3.05, 3.63) is 64.0 Å². The predicted molar refractivity (Wildman–Crippen MR) is 119 cm³/mol. The van der Waals surface area contributed by atoms with Crippen molar-refractivity contribution < 1.29 is 14.1 Å². The van der Waals surface area contributed by atoms with E-state index in [-0.39, 0.29) is 36.2 Å². The van der Waals surface area contributed by atoms with E-state index < -0.39 is 4.92 Å². The molecule has 0 saturated heterocycles. The Morgan fingerprint density at radius 1 is 1.17 bits per heavy atom. The van der Waals surface area contributed by atoms with Crippen LogP contribution in [0.25, 0.3) is 10.2 Å². The van der Waals surface area contributed by atoms with Gasteiger partial charge in [-0.3, -0.25) is 19.8 Å². The minimum atomic E-state index is -0.473. The summed E-state index contributed by atoms with van der Waals surface area (Å²) in [6.07, 6.45) is 0.855. The van der Waals surface area contributed by atoms with Crippen molar-refractivity contribution in [1.82, 2.24) is 9.88 Å². The monoisotopic (exact) mass is 452 g/mol. The molecule has 0 aliphatic heterocycles. The zero-order chi connectivity index (χ0) is 21.0. The number of nitro benzene ring substituents is 1. The number of halogens is 2. The van der Waals surface area contributed by atoms with Crippen molar-refractivity contribution in [1.29, 1.82) is 0 Å². The van der Waals surface area contributed by atoms with E-state index >= 15 is 0 Å². The topological polar surface area (TPSA) is 79.6 Å². The highest BCUT2D eigenvalue weighted by atomic mass is 35.5. The van der Waals surface area contributed by atoms with Gasteiger partial charge in [0.1, 0.15) is 5.82 Å². The molecule has 0 aliphatic rings. The van der Waals surface area contributed by atoms with Gasteiger partial charge in [-0.15, -0.1) is 12.4 Å². The van der Waals surface area contributed by atoms with Crippen molar-refractivity contribution in [3.63, 3.8) is 0 Å². The Kier molecular flexibility index (Phi) is 8.22. The van der Waals surface area contributed by atoms with Gasteiger partial charge in [-0.2, -0.15) is 0 Å². The number of thiazole rings is 1. The van der Waals surface area contributed by atoms with Crippen LogP contribution >= 0.6 is 23.7 Å². The van der Waals surface area contributed by atoms with Gasteiger partial charge in [-0.25, -0.2) is 9.37 Å². The van der Waals surface area contributed by atoms with E-state index in [9.17, 15) is 19.3 Å². The summed E-state index contributed by atoms with van der Waals surface area (Å²) in [4.78, 5) is 31.5. The number of rotatable bonds is 8. The molecule has 0 fully saturated rings. The van der Waals surface area contributed by atoms with Gasteiger partial charge < -0.3 is 4.90 Å². The van der Waals surface area contributed by atoms with Crippen LogP contribution < -0.4 is 4.90 Å². The molecule has 10 heteroatoms. The summed E-state index contributed by atoms with van der Waals surface area (Å²) in [5.41, 5.74) is 1.31. The summed E-state index contributed by atoms with van der Waals surface area (Å²) in [6, 6.07) is 10.3. The van der Waals surface area contributed by atoms with Gasteiger partial charge in [-0.05, 0) is 50.8 Å². The van der Waals surface area contributed by atoms with Crippen LogP contribution in [0.2, 0.25) is 0 Å². The maximum atomic E-state index is 13.5. The molecule has 0 N–H and O–H groups in total. The molecule has 0 bridgehead atoms. The fourth-order valence-electron chi connectivity index (χ4n) is 2.88. The fourth-order valence-corrected chi connectivity index (χ4v) is 3.91. The lowest BCUT2D eigenvalue weighted by atomic mass is 10.1. The van der Waals surface area contributed by atoms with Gasteiger partial charge in [0.2, 0.25) is 5.91 Å². The molecule has 1 amide bonds. The van der Waals surface area contributed by atoms with Gasteiger partial charge >= 0.3 is 0 Å². The number of benzene rings is 2. The Morgan fingerprint density at radius 3 is 2.50 bits per heavy atom. The number of non-ortho nitro benzene ring substituents is 1. The molecule has 0 atom stereocenters. The van der Waals surface area contributed by atoms with Crippen molar-refractivity contribution in [2.45, 2.75) is 12.8 Å². The first kappa shape index (κ1) is 23.7. The second kappa shape index (κ2) is 10.4. The Balaban J connectivity index is 0.00000320. The third-order valence-corrected chi connectivity index (χ3v) is 5.40. The molecule has 0 saturated carbocycles. The number of carbonyl (C=O) groups is 1. The molecule has 7 nitrogen and oxygen atoms in total. The number of amides is 1. The van der Waals surface area contributed by atoms with E-state index in [0.29, 0.717) is 27.5 Å². The molecule has 3 aromatic rings. The average Bonchev–Trinajstić information content (AvgIpc) is 3.07. The Hall–Kier alpha value is -2.62. The molecule has 160 valence electrons. The molecule has 0 unspecified atom stereocenters. The highest BCUT2D eigenvalue weighted by molar-refractivity contribution is 7.22. The van der Waals surface area contributed by atoms with Crippen LogP contribution in [0.15, 0.2) is 42.5 Å². The zero-order valence-corrected chi connectivity index (χ0v) is 18.2. The second-order valence-corrected chi connectivity index (χ2v) is 7.92. The van der Waals surface area contributed by atoms with Crippen LogP contribution in [0.3, 0.4) is 0 Å². The lowest BCUT2D eigenvalue weighted by molar-refractivity contribution is -0.384.